The van der Waals surface area contributed by atoms with Gasteiger partial charge in [-0.05, 0) is 96.3 Å². The van der Waals surface area contributed by atoms with Crippen LogP contribution in [0.1, 0.15) is 206 Å². The van der Waals surface area contributed by atoms with E-state index in [-0.39, 0.29) is 5.79 Å². The second-order valence-electron chi connectivity index (χ2n) is 14.2. The second kappa shape index (κ2) is 29.1. The highest BCUT2D eigenvalue weighted by Gasteiger charge is 2.48. The van der Waals surface area contributed by atoms with E-state index in [0.717, 1.165) is 25.7 Å². The molecule has 1 heterocycles. The minimum Gasteiger partial charge on any atom is -0.344 e. The van der Waals surface area contributed by atoms with Crippen LogP contribution in [0.4, 0.5) is 0 Å². The fraction of sp³-hybridized carbons (Fsp3) is 0.814. The maximum Gasteiger partial charge on any atom is 0.169 e. The van der Waals surface area contributed by atoms with Crippen LogP contribution in [-0.4, -0.2) is 18.0 Å². The number of allylic oxidation sites excluding steroid dienone is 8. The van der Waals surface area contributed by atoms with E-state index in [1.165, 1.54) is 167 Å². The topological polar surface area (TPSA) is 18.5 Å². The van der Waals surface area contributed by atoms with Crippen LogP contribution in [0.2, 0.25) is 0 Å². The Morgan fingerprint density at radius 2 is 0.756 bits per heavy atom. The molecule has 0 spiro atoms. The first-order valence-corrected chi connectivity index (χ1v) is 20.3. The van der Waals surface area contributed by atoms with Gasteiger partial charge < -0.3 is 9.47 Å². The Bertz CT molecular complexity index is 750. The summed E-state index contributed by atoms with van der Waals surface area (Å²) in [7, 11) is 0. The molecule has 260 valence electrons. The molecule has 1 aliphatic heterocycles. The van der Waals surface area contributed by atoms with Crippen molar-refractivity contribution in [3.8, 4) is 0 Å². The highest BCUT2D eigenvalue weighted by molar-refractivity contribution is 4.94. The molecule has 45 heavy (non-hydrogen) atoms. The first-order valence-electron chi connectivity index (χ1n) is 20.3. The summed E-state index contributed by atoms with van der Waals surface area (Å²) >= 11 is 0. The number of hydrogen-bond donors (Lipinski definition) is 0. The monoisotopic (exact) mass is 625 g/mol. The Labute approximate surface area is 282 Å². The van der Waals surface area contributed by atoms with Crippen LogP contribution in [0.15, 0.2) is 48.6 Å². The molecule has 0 aromatic heterocycles. The molecule has 0 N–H and O–H groups in total. The summed E-state index contributed by atoms with van der Waals surface area (Å²) in [6.07, 6.45) is 58.3. The van der Waals surface area contributed by atoms with Gasteiger partial charge >= 0.3 is 0 Å². The van der Waals surface area contributed by atoms with Crippen LogP contribution in [0, 0.1) is 0 Å². The van der Waals surface area contributed by atoms with E-state index in [9.17, 15) is 0 Å². The van der Waals surface area contributed by atoms with Gasteiger partial charge in [0, 0.05) is 12.8 Å². The Morgan fingerprint density at radius 3 is 1.13 bits per heavy atom. The zero-order chi connectivity index (χ0) is 31.9. The molecular weight excluding hydrogens is 548 g/mol. The predicted octanol–water partition coefficient (Wildman–Crippen LogP) is 14.4. The average molecular weight is 625 g/mol. The normalized spacial score (nSPS) is 21.9. The van der Waals surface area contributed by atoms with Crippen LogP contribution >= 0.6 is 0 Å². The van der Waals surface area contributed by atoms with Crippen LogP contribution < -0.4 is 0 Å². The SMILES string of the molecule is CCCCC/C=C\C/C=C\CCCCCCCCCC1(CCCCCCCC/C=C\C/C=C\CCCCC)O[C@H]2CCC[C@H]2O1. The lowest BCUT2D eigenvalue weighted by Gasteiger charge is -2.29. The van der Waals surface area contributed by atoms with Crippen molar-refractivity contribution in [1.82, 2.24) is 0 Å². The van der Waals surface area contributed by atoms with Gasteiger partial charge in [-0.1, -0.05) is 146 Å². The molecule has 1 aliphatic carbocycles. The van der Waals surface area contributed by atoms with Crippen molar-refractivity contribution in [3.05, 3.63) is 48.6 Å². The maximum absolute atomic E-state index is 6.68. The molecule has 1 saturated heterocycles. The lowest BCUT2D eigenvalue weighted by Crippen LogP contribution is -2.31. The molecule has 0 amide bonds. The highest BCUT2D eigenvalue weighted by atomic mass is 16.8. The summed E-state index contributed by atoms with van der Waals surface area (Å²) in [5, 5.41) is 0. The van der Waals surface area contributed by atoms with Crippen molar-refractivity contribution in [2.75, 3.05) is 0 Å². The first kappa shape index (κ1) is 40.1. The molecule has 3 atom stereocenters. The van der Waals surface area contributed by atoms with E-state index in [1.54, 1.807) is 0 Å². The van der Waals surface area contributed by atoms with E-state index >= 15 is 0 Å². The van der Waals surface area contributed by atoms with Crippen LogP contribution in [0.3, 0.4) is 0 Å². The summed E-state index contributed by atoms with van der Waals surface area (Å²) in [5.41, 5.74) is 0. The third-order valence-electron chi connectivity index (χ3n) is 9.89. The van der Waals surface area contributed by atoms with Gasteiger partial charge in [-0.25, -0.2) is 0 Å². The summed E-state index contributed by atoms with van der Waals surface area (Å²) < 4.78 is 13.4. The van der Waals surface area contributed by atoms with Gasteiger partial charge in [-0.15, -0.1) is 0 Å². The lowest BCUT2D eigenvalue weighted by atomic mass is 9.98. The predicted molar refractivity (Wildman–Crippen MR) is 199 cm³/mol. The molecule has 0 radical (unpaired) electrons. The molecule has 1 unspecified atom stereocenters. The molecule has 2 heteroatoms. The van der Waals surface area contributed by atoms with Gasteiger partial charge in [0.25, 0.3) is 0 Å². The zero-order valence-electron chi connectivity index (χ0n) is 30.3. The van der Waals surface area contributed by atoms with Gasteiger partial charge in [0.1, 0.15) is 0 Å². The molecule has 0 aromatic carbocycles. The minimum atomic E-state index is -0.262. The van der Waals surface area contributed by atoms with Gasteiger partial charge in [-0.3, -0.25) is 0 Å². The number of rotatable bonds is 31. The van der Waals surface area contributed by atoms with Crippen molar-refractivity contribution < 1.29 is 9.47 Å². The van der Waals surface area contributed by atoms with Crippen LogP contribution in [-0.2, 0) is 9.47 Å². The number of ether oxygens (including phenoxy) is 2. The van der Waals surface area contributed by atoms with Crippen molar-refractivity contribution in [1.29, 1.82) is 0 Å². The summed E-state index contributed by atoms with van der Waals surface area (Å²) in [6, 6.07) is 0. The average Bonchev–Trinajstić information content (AvgIpc) is 3.62. The molecule has 2 rings (SSSR count). The zero-order valence-corrected chi connectivity index (χ0v) is 30.3. The third kappa shape index (κ3) is 21.4. The Morgan fingerprint density at radius 1 is 0.422 bits per heavy atom. The highest BCUT2D eigenvalue weighted by Crippen LogP contribution is 2.43. The Hall–Kier alpha value is -1.12. The van der Waals surface area contributed by atoms with Crippen LogP contribution in [0.25, 0.3) is 0 Å². The second-order valence-corrected chi connectivity index (χ2v) is 14.2. The Balaban J connectivity index is 1.45. The maximum atomic E-state index is 6.68. The van der Waals surface area contributed by atoms with Crippen molar-refractivity contribution in [2.45, 2.75) is 224 Å². The van der Waals surface area contributed by atoms with Gasteiger partial charge in [-0.2, -0.15) is 0 Å². The molecule has 0 bridgehead atoms. The quantitative estimate of drug-likeness (QED) is 0.0564. The molecule has 2 nitrogen and oxygen atoms in total. The first-order chi connectivity index (χ1) is 22.3. The van der Waals surface area contributed by atoms with Gasteiger partial charge in [0.05, 0.1) is 12.2 Å². The van der Waals surface area contributed by atoms with E-state index in [0.29, 0.717) is 12.2 Å². The van der Waals surface area contributed by atoms with Crippen molar-refractivity contribution in [2.24, 2.45) is 0 Å². The molecular formula is C43H76O2. The molecule has 2 aliphatic rings. The van der Waals surface area contributed by atoms with E-state index in [2.05, 4.69) is 62.5 Å². The van der Waals surface area contributed by atoms with Gasteiger partial charge in [0.2, 0.25) is 0 Å². The standard InChI is InChI=1S/C43H76O2/c1-3-5-7-9-11-13-15-17-19-21-23-25-27-29-31-33-35-40-43(44-41-37-36-38-42(41)45-43)39-34-32-30-28-26-24-22-20-18-16-14-12-10-8-6-4-2/h11-14,17-20,41-42H,3-10,15-16,21-40H2,1-2H3/b13-11-,14-12-,19-17-,20-18-/t41-,42+,43?. The molecule has 0 aromatic rings. The molecule has 1 saturated carbocycles. The third-order valence-corrected chi connectivity index (χ3v) is 9.89. The fourth-order valence-electron chi connectivity index (χ4n) is 7.04. The van der Waals surface area contributed by atoms with Crippen LogP contribution in [0.5, 0.6) is 0 Å². The number of hydrogen-bond acceptors (Lipinski definition) is 2. The number of unbranched alkanes of at least 4 members (excludes halogenated alkanes) is 19. The van der Waals surface area contributed by atoms with Crippen molar-refractivity contribution >= 4 is 0 Å². The molecule has 2 fully saturated rings. The summed E-state index contributed by atoms with van der Waals surface area (Å²) in [4.78, 5) is 0. The Kier molecular flexibility index (Phi) is 25.9. The van der Waals surface area contributed by atoms with E-state index in [1.807, 2.05) is 0 Å². The van der Waals surface area contributed by atoms with E-state index < -0.39 is 0 Å². The smallest absolute Gasteiger partial charge is 0.169 e. The summed E-state index contributed by atoms with van der Waals surface area (Å²) in [5.74, 6) is -0.262. The fourth-order valence-corrected chi connectivity index (χ4v) is 7.04. The van der Waals surface area contributed by atoms with E-state index in [4.69, 9.17) is 9.47 Å². The number of fused-ring (bicyclic) bond motifs is 1. The largest absolute Gasteiger partial charge is 0.344 e. The summed E-state index contributed by atoms with van der Waals surface area (Å²) in [6.45, 7) is 4.54. The minimum absolute atomic E-state index is 0.262. The lowest BCUT2D eigenvalue weighted by molar-refractivity contribution is -0.190. The van der Waals surface area contributed by atoms with Crippen molar-refractivity contribution in [3.63, 3.8) is 0 Å². The van der Waals surface area contributed by atoms with Gasteiger partial charge in [0.15, 0.2) is 5.79 Å².